The number of carbonyl (C=O) groups excluding carboxylic acids is 1. The number of aromatic nitrogens is 2. The third-order valence-electron chi connectivity index (χ3n) is 6.95. The number of ketones is 1. The summed E-state index contributed by atoms with van der Waals surface area (Å²) < 4.78 is 3.87. The fraction of sp³-hybridized carbons (Fsp3) is 0.300. The van der Waals surface area contributed by atoms with Crippen molar-refractivity contribution in [1.29, 1.82) is 0 Å². The first-order valence-electron chi connectivity index (χ1n) is 13.1. The van der Waals surface area contributed by atoms with Crippen molar-refractivity contribution < 1.29 is 9.90 Å². The molecule has 5 rings (SSSR count). The van der Waals surface area contributed by atoms with Crippen molar-refractivity contribution in [3.63, 3.8) is 0 Å². The Hall–Kier alpha value is -2.89. The van der Waals surface area contributed by atoms with Crippen molar-refractivity contribution in [2.24, 2.45) is 0 Å². The predicted octanol–water partition coefficient (Wildman–Crippen LogP) is 5.25. The first-order chi connectivity index (χ1) is 18.5. The van der Waals surface area contributed by atoms with Gasteiger partial charge in [0.1, 0.15) is 0 Å². The Balaban J connectivity index is 1.63. The Morgan fingerprint density at radius 2 is 1.21 bits per heavy atom. The summed E-state index contributed by atoms with van der Waals surface area (Å²) in [6.07, 6.45) is 0. The predicted molar refractivity (Wildman–Crippen MR) is 158 cm³/mol. The van der Waals surface area contributed by atoms with Gasteiger partial charge in [-0.3, -0.25) is 0 Å². The van der Waals surface area contributed by atoms with Crippen LogP contribution in [0.1, 0.15) is 42.5 Å². The summed E-state index contributed by atoms with van der Waals surface area (Å²) in [7, 11) is 0. The average Bonchev–Trinajstić information content (AvgIpc) is 3.56. The molecule has 1 unspecified atom stereocenters. The molecule has 4 aromatic rings. The molecule has 1 N–H and O–H groups in total. The van der Waals surface area contributed by atoms with Gasteiger partial charge < -0.3 is 0 Å². The fourth-order valence-corrected chi connectivity index (χ4v) is 10.2. The summed E-state index contributed by atoms with van der Waals surface area (Å²) in [6, 6.07) is 20.0. The summed E-state index contributed by atoms with van der Waals surface area (Å²) in [5.41, 5.74) is 4.08. The third kappa shape index (κ3) is 4.71. The van der Waals surface area contributed by atoms with Crippen LogP contribution in [0, 0.1) is 0 Å². The molecule has 0 saturated heterocycles. The molecule has 0 fully saturated rings. The molecular formula is C30H32N4O2Se2. The number of benzene rings is 2. The number of Topliss-reactive ketones (excluding diaryl/α,β-unsaturated/α-hetero) is 1. The van der Waals surface area contributed by atoms with E-state index in [1.807, 2.05) is 60.7 Å². The van der Waals surface area contributed by atoms with E-state index in [-0.39, 0.29) is 40.5 Å². The van der Waals surface area contributed by atoms with Crippen LogP contribution in [0.2, 0.25) is 0 Å². The van der Waals surface area contributed by atoms with Gasteiger partial charge in [-0.25, -0.2) is 0 Å². The molecule has 196 valence electrons. The second kappa shape index (κ2) is 11.5. The Morgan fingerprint density at radius 1 is 0.737 bits per heavy atom. The van der Waals surface area contributed by atoms with E-state index >= 15 is 0 Å². The van der Waals surface area contributed by atoms with Crippen LogP contribution in [0.3, 0.4) is 0 Å². The second-order valence-electron chi connectivity index (χ2n) is 9.02. The minimum absolute atomic E-state index is 0.00916. The van der Waals surface area contributed by atoms with Crippen LogP contribution in [-0.2, 0) is 4.79 Å². The quantitative estimate of drug-likeness (QED) is 0.240. The Kier molecular flexibility index (Phi) is 8.06. The van der Waals surface area contributed by atoms with Gasteiger partial charge in [0.05, 0.1) is 0 Å². The zero-order valence-corrected chi connectivity index (χ0v) is 25.6. The number of rotatable bonds is 10. The van der Waals surface area contributed by atoms with E-state index in [1.165, 1.54) is 0 Å². The number of carbonyl (C=O) groups is 1. The average molecular weight is 639 g/mol. The Labute approximate surface area is 236 Å². The van der Waals surface area contributed by atoms with Crippen LogP contribution in [0.15, 0.2) is 66.4 Å². The van der Waals surface area contributed by atoms with Crippen LogP contribution < -0.4 is 9.80 Å². The number of hydrogen-bond donors (Lipinski definition) is 1. The van der Waals surface area contributed by atoms with E-state index in [0.29, 0.717) is 5.57 Å². The standard InChI is InChI=1S/C30H32N4O2Se2/c1-5-33(6-2)29-31-23(19-15-11-9-12-16-19)27(37-29)21-25(35)22(26(21)36)28-24(20-17-13-10-14-18-20)32-30(38-28)34(7-3)8-4/h9-18,21,35H,5-8H2,1-4H3. The van der Waals surface area contributed by atoms with Crippen molar-refractivity contribution in [3.8, 4) is 22.5 Å². The van der Waals surface area contributed by atoms with Crippen LogP contribution in [0.25, 0.3) is 28.1 Å². The number of nitrogens with zero attached hydrogens (tertiary/aromatic N) is 4. The molecule has 0 aliphatic heterocycles. The third-order valence-corrected chi connectivity index (χ3v) is 11.8. The first kappa shape index (κ1) is 26.7. The van der Waals surface area contributed by atoms with Gasteiger partial charge in [0.2, 0.25) is 0 Å². The zero-order valence-electron chi connectivity index (χ0n) is 22.1. The van der Waals surface area contributed by atoms with Crippen molar-refractivity contribution in [1.82, 2.24) is 9.97 Å². The van der Waals surface area contributed by atoms with Gasteiger partial charge in [-0.05, 0) is 0 Å². The summed E-state index contributed by atoms with van der Waals surface area (Å²) >= 11 is -0.307. The summed E-state index contributed by atoms with van der Waals surface area (Å²) in [4.78, 5) is 28.5. The van der Waals surface area contributed by atoms with Crippen molar-refractivity contribution in [2.75, 3.05) is 36.0 Å². The molecule has 1 atom stereocenters. The number of allylic oxidation sites excluding steroid dienone is 2. The minimum atomic E-state index is -0.630. The van der Waals surface area contributed by atoms with Crippen molar-refractivity contribution in [2.45, 2.75) is 33.6 Å². The zero-order chi connectivity index (χ0) is 26.8. The summed E-state index contributed by atoms with van der Waals surface area (Å²) in [5.74, 6) is -0.461. The molecule has 0 saturated carbocycles. The number of aliphatic hydroxyl groups excluding tert-OH is 1. The maximum absolute atomic E-state index is 13.9. The van der Waals surface area contributed by atoms with Crippen LogP contribution in [-0.4, -0.2) is 76.0 Å². The van der Waals surface area contributed by atoms with E-state index in [1.54, 1.807) is 0 Å². The monoisotopic (exact) mass is 640 g/mol. The molecular weight excluding hydrogens is 606 g/mol. The van der Waals surface area contributed by atoms with Crippen LogP contribution in [0.5, 0.6) is 0 Å². The van der Waals surface area contributed by atoms with Gasteiger partial charge in [-0.15, -0.1) is 0 Å². The van der Waals surface area contributed by atoms with E-state index < -0.39 is 5.92 Å². The SMILES string of the molecule is CCN(CC)c1nc(-c2ccccc2)c(C2=C(O)C(c3[se]c(N(CC)CC)nc3-c3ccccc3)C2=O)[se]1. The molecule has 0 amide bonds. The molecule has 0 spiro atoms. The van der Waals surface area contributed by atoms with Gasteiger partial charge in [-0.1, -0.05) is 0 Å². The molecule has 1 aliphatic carbocycles. The molecule has 6 nitrogen and oxygen atoms in total. The molecule has 2 heterocycles. The molecule has 2 aromatic heterocycles. The number of anilines is 2. The van der Waals surface area contributed by atoms with Gasteiger partial charge >= 0.3 is 237 Å². The van der Waals surface area contributed by atoms with Crippen LogP contribution in [0.4, 0.5) is 9.38 Å². The number of aliphatic hydroxyl groups is 1. The van der Waals surface area contributed by atoms with Gasteiger partial charge in [-0.2, -0.15) is 0 Å². The van der Waals surface area contributed by atoms with Crippen molar-refractivity contribution >= 4 is 49.7 Å². The second-order valence-corrected chi connectivity index (χ2v) is 13.2. The fourth-order valence-electron chi connectivity index (χ4n) is 4.78. The van der Waals surface area contributed by atoms with Gasteiger partial charge in [0.15, 0.2) is 0 Å². The Morgan fingerprint density at radius 3 is 1.71 bits per heavy atom. The molecule has 38 heavy (non-hydrogen) atoms. The van der Waals surface area contributed by atoms with Gasteiger partial charge in [0, 0.05) is 0 Å². The number of hydrogen-bond acceptors (Lipinski definition) is 6. The van der Waals surface area contributed by atoms with E-state index in [0.717, 1.165) is 67.0 Å². The van der Waals surface area contributed by atoms with E-state index in [2.05, 4.69) is 37.5 Å². The summed E-state index contributed by atoms with van der Waals surface area (Å²) in [6.45, 7) is 11.9. The van der Waals surface area contributed by atoms with Crippen molar-refractivity contribution in [3.05, 3.63) is 75.3 Å². The van der Waals surface area contributed by atoms with E-state index in [4.69, 9.17) is 9.97 Å². The molecule has 0 radical (unpaired) electrons. The molecule has 1 aliphatic rings. The topological polar surface area (TPSA) is 69.6 Å². The van der Waals surface area contributed by atoms with Gasteiger partial charge in [0.25, 0.3) is 0 Å². The Bertz CT molecular complexity index is 1450. The molecule has 8 heteroatoms. The normalized spacial score (nSPS) is 15.1. The van der Waals surface area contributed by atoms with E-state index in [9.17, 15) is 9.90 Å². The maximum atomic E-state index is 13.9. The molecule has 2 aromatic carbocycles. The van der Waals surface area contributed by atoms with Crippen LogP contribution >= 0.6 is 0 Å². The summed E-state index contributed by atoms with van der Waals surface area (Å²) in [5, 5.41) is 11.5. The molecule has 0 bridgehead atoms. The first-order valence-corrected chi connectivity index (χ1v) is 16.5.